The number of nitrogens with one attached hydrogen (secondary N) is 1. The van der Waals surface area contributed by atoms with E-state index in [1.165, 1.54) is 31.6 Å². The molecule has 2 heteroatoms. The topological polar surface area (TPSA) is 12.0 Å². The summed E-state index contributed by atoms with van der Waals surface area (Å²) in [6.45, 7) is 3.58. The lowest BCUT2D eigenvalue weighted by Crippen LogP contribution is -2.19. The van der Waals surface area contributed by atoms with Gasteiger partial charge in [0.15, 0.2) is 0 Å². The first-order valence-corrected chi connectivity index (χ1v) is 5.76. The van der Waals surface area contributed by atoms with Gasteiger partial charge in [0.1, 0.15) is 0 Å². The lowest BCUT2D eigenvalue weighted by atomic mass is 9.99. The second kappa shape index (κ2) is 3.36. The van der Waals surface area contributed by atoms with Crippen molar-refractivity contribution in [2.75, 3.05) is 12.3 Å². The second-order valence-corrected chi connectivity index (χ2v) is 5.20. The van der Waals surface area contributed by atoms with Crippen LogP contribution >= 0.6 is 11.8 Å². The van der Waals surface area contributed by atoms with Gasteiger partial charge >= 0.3 is 0 Å². The minimum atomic E-state index is 0.779. The summed E-state index contributed by atoms with van der Waals surface area (Å²) in [7, 11) is 0. The van der Waals surface area contributed by atoms with Gasteiger partial charge in [-0.25, -0.2) is 0 Å². The molecule has 0 aromatic heterocycles. The highest BCUT2D eigenvalue weighted by Gasteiger charge is 2.30. The number of hydrogen-bond donors (Lipinski definition) is 1. The van der Waals surface area contributed by atoms with Crippen LogP contribution < -0.4 is 5.32 Å². The van der Waals surface area contributed by atoms with Gasteiger partial charge < -0.3 is 5.32 Å². The fraction of sp³-hybridized carbons (Fsp3) is 1.00. The van der Waals surface area contributed by atoms with Crippen molar-refractivity contribution in [1.82, 2.24) is 5.32 Å². The Balaban J connectivity index is 1.85. The molecule has 0 aromatic rings. The van der Waals surface area contributed by atoms with Gasteiger partial charge in [-0.2, -0.15) is 11.8 Å². The molecule has 2 aliphatic rings. The van der Waals surface area contributed by atoms with E-state index in [0.717, 1.165) is 17.2 Å². The molecule has 0 spiro atoms. The van der Waals surface area contributed by atoms with Crippen molar-refractivity contribution in [2.45, 2.75) is 37.5 Å². The van der Waals surface area contributed by atoms with Crippen molar-refractivity contribution in [1.29, 1.82) is 0 Å². The first-order chi connectivity index (χ1) is 5.36. The van der Waals surface area contributed by atoms with E-state index in [9.17, 15) is 0 Å². The molecule has 2 saturated heterocycles. The van der Waals surface area contributed by atoms with Gasteiger partial charge in [0.05, 0.1) is 0 Å². The zero-order valence-electron chi connectivity index (χ0n) is 7.18. The largest absolute Gasteiger partial charge is 0.314 e. The summed E-state index contributed by atoms with van der Waals surface area (Å²) in [5.74, 6) is 2.40. The van der Waals surface area contributed by atoms with Crippen LogP contribution in [0.4, 0.5) is 0 Å². The van der Waals surface area contributed by atoms with E-state index < -0.39 is 0 Å². The maximum absolute atomic E-state index is 3.53. The Labute approximate surface area is 73.3 Å². The van der Waals surface area contributed by atoms with Gasteiger partial charge in [-0.1, -0.05) is 0 Å². The Morgan fingerprint density at radius 3 is 2.91 bits per heavy atom. The minimum absolute atomic E-state index is 0.779. The highest BCUT2D eigenvalue weighted by molar-refractivity contribution is 8.00. The molecule has 0 saturated carbocycles. The van der Waals surface area contributed by atoms with Gasteiger partial charge in [0.2, 0.25) is 0 Å². The summed E-state index contributed by atoms with van der Waals surface area (Å²) in [6.07, 6.45) is 4.35. The maximum atomic E-state index is 3.53. The van der Waals surface area contributed by atoms with Crippen LogP contribution in [0.15, 0.2) is 0 Å². The van der Waals surface area contributed by atoms with Gasteiger partial charge in [0.25, 0.3) is 0 Å². The average molecular weight is 171 g/mol. The molecule has 1 N–H and O–H groups in total. The first kappa shape index (κ1) is 7.93. The maximum Gasteiger partial charge on any atom is 0.00882 e. The van der Waals surface area contributed by atoms with E-state index >= 15 is 0 Å². The van der Waals surface area contributed by atoms with Gasteiger partial charge in [0, 0.05) is 11.3 Å². The van der Waals surface area contributed by atoms with Crippen molar-refractivity contribution in [2.24, 2.45) is 5.92 Å². The summed E-state index contributed by atoms with van der Waals surface area (Å²) in [6, 6.07) is 0.779. The fourth-order valence-corrected chi connectivity index (χ4v) is 3.68. The monoisotopic (exact) mass is 171 g/mol. The summed E-state index contributed by atoms with van der Waals surface area (Å²) in [4.78, 5) is 0. The molecule has 0 radical (unpaired) electrons. The van der Waals surface area contributed by atoms with E-state index in [1.54, 1.807) is 0 Å². The Bertz CT molecular complexity index is 132. The van der Waals surface area contributed by atoms with Crippen molar-refractivity contribution in [3.63, 3.8) is 0 Å². The predicted molar refractivity (Wildman–Crippen MR) is 51.1 cm³/mol. The van der Waals surface area contributed by atoms with E-state index in [2.05, 4.69) is 24.0 Å². The quantitative estimate of drug-likeness (QED) is 0.646. The molecule has 0 amide bonds. The predicted octanol–water partition coefficient (Wildman–Crippen LogP) is 1.88. The molecule has 2 rings (SSSR count). The van der Waals surface area contributed by atoms with Crippen LogP contribution in [0.3, 0.4) is 0 Å². The highest BCUT2D eigenvalue weighted by atomic mass is 32.2. The average Bonchev–Trinajstić information content (AvgIpc) is 2.55. The van der Waals surface area contributed by atoms with Gasteiger partial charge in [-0.15, -0.1) is 0 Å². The third kappa shape index (κ3) is 1.73. The molecule has 2 heterocycles. The molecule has 0 bridgehead atoms. The van der Waals surface area contributed by atoms with E-state index in [4.69, 9.17) is 0 Å². The Morgan fingerprint density at radius 2 is 2.36 bits per heavy atom. The molecule has 0 aromatic carbocycles. The standard InChI is InChI=1S/C9H17NS/c1-7-5-8(6-10-7)9-3-2-4-11-9/h7-10H,2-6H2,1H3. The lowest BCUT2D eigenvalue weighted by Gasteiger charge is -2.15. The smallest absolute Gasteiger partial charge is 0.00882 e. The summed E-state index contributed by atoms with van der Waals surface area (Å²) in [5.41, 5.74) is 0. The summed E-state index contributed by atoms with van der Waals surface area (Å²) < 4.78 is 0. The molecule has 2 fully saturated rings. The molecular formula is C9H17NS. The fourth-order valence-electron chi connectivity index (χ4n) is 2.23. The number of thioether (sulfide) groups is 1. The summed E-state index contributed by atoms with van der Waals surface area (Å²) >= 11 is 2.20. The first-order valence-electron chi connectivity index (χ1n) is 4.71. The van der Waals surface area contributed by atoms with Gasteiger partial charge in [-0.05, 0) is 44.4 Å². The van der Waals surface area contributed by atoms with Crippen LogP contribution in [0.5, 0.6) is 0 Å². The normalized spacial score (nSPS) is 45.0. The molecule has 0 aliphatic carbocycles. The van der Waals surface area contributed by atoms with Crippen LogP contribution in [0, 0.1) is 5.92 Å². The third-order valence-corrected chi connectivity index (χ3v) is 4.45. The van der Waals surface area contributed by atoms with Crippen LogP contribution in [0.2, 0.25) is 0 Å². The van der Waals surface area contributed by atoms with Crippen molar-refractivity contribution in [3.05, 3.63) is 0 Å². The van der Waals surface area contributed by atoms with Crippen molar-refractivity contribution in [3.8, 4) is 0 Å². The Kier molecular flexibility index (Phi) is 2.42. The SMILES string of the molecule is CC1CC(C2CCCS2)CN1. The molecule has 1 nitrogen and oxygen atoms in total. The molecule has 3 atom stereocenters. The zero-order valence-corrected chi connectivity index (χ0v) is 7.99. The van der Waals surface area contributed by atoms with E-state index in [0.29, 0.717) is 0 Å². The van der Waals surface area contributed by atoms with Crippen LogP contribution in [0.1, 0.15) is 26.2 Å². The van der Waals surface area contributed by atoms with E-state index in [1.807, 2.05) is 0 Å². The molecule has 11 heavy (non-hydrogen) atoms. The molecule has 2 aliphatic heterocycles. The second-order valence-electron chi connectivity index (χ2n) is 3.86. The Hall–Kier alpha value is 0.310. The molecule has 3 unspecified atom stereocenters. The van der Waals surface area contributed by atoms with Crippen molar-refractivity contribution < 1.29 is 0 Å². The van der Waals surface area contributed by atoms with E-state index in [-0.39, 0.29) is 0 Å². The third-order valence-electron chi connectivity index (χ3n) is 2.88. The molecule has 64 valence electrons. The molecular weight excluding hydrogens is 154 g/mol. The number of hydrogen-bond acceptors (Lipinski definition) is 2. The van der Waals surface area contributed by atoms with Crippen LogP contribution in [-0.4, -0.2) is 23.6 Å². The highest BCUT2D eigenvalue weighted by Crippen LogP contribution is 2.35. The van der Waals surface area contributed by atoms with Crippen LogP contribution in [-0.2, 0) is 0 Å². The zero-order chi connectivity index (χ0) is 7.68. The summed E-state index contributed by atoms with van der Waals surface area (Å²) in [5, 5.41) is 4.53. The van der Waals surface area contributed by atoms with Crippen LogP contribution in [0.25, 0.3) is 0 Å². The van der Waals surface area contributed by atoms with Crippen molar-refractivity contribution >= 4 is 11.8 Å². The lowest BCUT2D eigenvalue weighted by molar-refractivity contribution is 0.526. The Morgan fingerprint density at radius 1 is 1.45 bits per heavy atom. The minimum Gasteiger partial charge on any atom is -0.314 e. The number of rotatable bonds is 1. The van der Waals surface area contributed by atoms with Gasteiger partial charge in [-0.3, -0.25) is 0 Å².